The molecule has 0 aliphatic heterocycles. The van der Waals surface area contributed by atoms with Crippen molar-refractivity contribution < 1.29 is 24.2 Å². The predicted octanol–water partition coefficient (Wildman–Crippen LogP) is 1.28. The Morgan fingerprint density at radius 1 is 1.00 bits per heavy atom. The van der Waals surface area contributed by atoms with Gasteiger partial charge in [0.05, 0.1) is 18.8 Å². The Labute approximate surface area is 102 Å². The number of hydrogen-bond acceptors (Lipinski definition) is 5. The quantitative estimate of drug-likeness (QED) is 0.564. The van der Waals surface area contributed by atoms with Gasteiger partial charge in [-0.15, -0.1) is 0 Å². The highest BCUT2D eigenvalue weighted by Gasteiger charge is 2.47. The van der Waals surface area contributed by atoms with Crippen molar-refractivity contribution in [3.05, 3.63) is 0 Å². The van der Waals surface area contributed by atoms with Crippen LogP contribution in [-0.2, 0) is 19.1 Å². The molecule has 0 saturated heterocycles. The van der Waals surface area contributed by atoms with E-state index in [1.165, 1.54) is 20.8 Å². The van der Waals surface area contributed by atoms with Crippen LogP contribution in [0.3, 0.4) is 0 Å². The van der Waals surface area contributed by atoms with E-state index in [2.05, 4.69) is 0 Å². The Morgan fingerprint density at radius 3 is 1.59 bits per heavy atom. The van der Waals surface area contributed by atoms with Gasteiger partial charge in [0.25, 0.3) is 0 Å². The van der Waals surface area contributed by atoms with Gasteiger partial charge in [0.2, 0.25) is 0 Å². The average Bonchev–Trinajstić information content (AvgIpc) is 2.15. The summed E-state index contributed by atoms with van der Waals surface area (Å²) in [6, 6.07) is 0. The van der Waals surface area contributed by atoms with E-state index in [4.69, 9.17) is 9.47 Å². The van der Waals surface area contributed by atoms with Crippen LogP contribution < -0.4 is 0 Å². The fourth-order valence-electron chi connectivity index (χ4n) is 1.67. The standard InChI is InChI=1S/C12H22O5/c1-6-16-9(13)12(5,8-11(3,4)15)10(14)17-7-2/h15H,6-8H2,1-5H3. The lowest BCUT2D eigenvalue weighted by Crippen LogP contribution is -2.44. The summed E-state index contributed by atoms with van der Waals surface area (Å²) in [5.74, 6) is -1.33. The molecule has 0 heterocycles. The van der Waals surface area contributed by atoms with E-state index < -0.39 is 23.0 Å². The summed E-state index contributed by atoms with van der Waals surface area (Å²) in [6.45, 7) is 8.18. The molecule has 0 aromatic rings. The molecular weight excluding hydrogens is 224 g/mol. The molecule has 0 fully saturated rings. The predicted molar refractivity (Wildman–Crippen MR) is 62.3 cm³/mol. The molecule has 0 amide bonds. The van der Waals surface area contributed by atoms with Crippen molar-refractivity contribution in [3.8, 4) is 0 Å². The van der Waals surface area contributed by atoms with Gasteiger partial charge in [0.15, 0.2) is 5.41 Å². The first kappa shape index (κ1) is 15.9. The van der Waals surface area contributed by atoms with E-state index in [-0.39, 0.29) is 19.6 Å². The number of rotatable bonds is 6. The zero-order valence-electron chi connectivity index (χ0n) is 11.2. The third-order valence-corrected chi connectivity index (χ3v) is 2.24. The van der Waals surface area contributed by atoms with Crippen molar-refractivity contribution in [1.82, 2.24) is 0 Å². The first-order chi connectivity index (χ1) is 7.67. The van der Waals surface area contributed by atoms with Gasteiger partial charge >= 0.3 is 11.9 Å². The number of hydrogen-bond donors (Lipinski definition) is 1. The summed E-state index contributed by atoms with van der Waals surface area (Å²) in [5, 5.41) is 9.77. The second-order valence-corrected chi connectivity index (χ2v) is 4.76. The van der Waals surface area contributed by atoms with Crippen LogP contribution in [-0.4, -0.2) is 35.9 Å². The first-order valence-electron chi connectivity index (χ1n) is 5.74. The number of carbonyl (C=O) groups excluding carboxylic acids is 2. The number of carbonyl (C=O) groups is 2. The Bertz CT molecular complexity index is 259. The zero-order chi connectivity index (χ0) is 13.7. The van der Waals surface area contributed by atoms with Gasteiger partial charge in [-0.1, -0.05) is 0 Å². The van der Waals surface area contributed by atoms with Crippen LogP contribution in [0.25, 0.3) is 0 Å². The molecule has 0 saturated carbocycles. The largest absolute Gasteiger partial charge is 0.465 e. The molecular formula is C12H22O5. The van der Waals surface area contributed by atoms with Crippen molar-refractivity contribution >= 4 is 11.9 Å². The van der Waals surface area contributed by atoms with E-state index in [0.29, 0.717) is 0 Å². The molecule has 0 rings (SSSR count). The summed E-state index contributed by atoms with van der Waals surface area (Å²) in [5.41, 5.74) is -2.63. The maximum absolute atomic E-state index is 11.8. The SMILES string of the molecule is CCOC(=O)C(C)(CC(C)(C)O)C(=O)OCC. The summed E-state index contributed by atoms with van der Waals surface area (Å²) in [7, 11) is 0. The smallest absolute Gasteiger partial charge is 0.323 e. The summed E-state index contributed by atoms with van der Waals surface area (Å²) in [4.78, 5) is 23.6. The van der Waals surface area contributed by atoms with Crippen molar-refractivity contribution in [2.24, 2.45) is 5.41 Å². The van der Waals surface area contributed by atoms with Crippen LogP contribution >= 0.6 is 0 Å². The van der Waals surface area contributed by atoms with E-state index in [0.717, 1.165) is 0 Å². The Hall–Kier alpha value is -1.10. The van der Waals surface area contributed by atoms with Crippen LogP contribution in [0.5, 0.6) is 0 Å². The van der Waals surface area contributed by atoms with Crippen LogP contribution in [0.1, 0.15) is 41.0 Å². The molecule has 5 heteroatoms. The van der Waals surface area contributed by atoms with Gasteiger partial charge in [-0.25, -0.2) is 0 Å². The van der Waals surface area contributed by atoms with Gasteiger partial charge in [-0.05, 0) is 34.6 Å². The maximum Gasteiger partial charge on any atom is 0.323 e. The zero-order valence-corrected chi connectivity index (χ0v) is 11.2. The Morgan fingerprint density at radius 2 is 1.35 bits per heavy atom. The van der Waals surface area contributed by atoms with Gasteiger partial charge in [-0.3, -0.25) is 9.59 Å². The summed E-state index contributed by atoms with van der Waals surface area (Å²) in [6.07, 6.45) is -0.0440. The molecule has 17 heavy (non-hydrogen) atoms. The molecule has 0 atom stereocenters. The number of esters is 2. The third-order valence-electron chi connectivity index (χ3n) is 2.24. The second-order valence-electron chi connectivity index (χ2n) is 4.76. The van der Waals surface area contributed by atoms with Gasteiger partial charge in [0, 0.05) is 6.42 Å². The van der Waals surface area contributed by atoms with E-state index >= 15 is 0 Å². The number of ether oxygens (including phenoxy) is 2. The van der Waals surface area contributed by atoms with Gasteiger partial charge in [-0.2, -0.15) is 0 Å². The van der Waals surface area contributed by atoms with Crippen LogP contribution in [0, 0.1) is 5.41 Å². The topological polar surface area (TPSA) is 72.8 Å². The van der Waals surface area contributed by atoms with Crippen LogP contribution in [0.2, 0.25) is 0 Å². The lowest BCUT2D eigenvalue weighted by Gasteiger charge is -2.30. The minimum atomic E-state index is -1.47. The van der Waals surface area contributed by atoms with Crippen molar-refractivity contribution in [2.75, 3.05) is 13.2 Å². The molecule has 0 bridgehead atoms. The summed E-state index contributed by atoms with van der Waals surface area (Å²) < 4.78 is 9.74. The molecule has 0 radical (unpaired) electrons. The molecule has 1 N–H and O–H groups in total. The molecule has 0 aliphatic rings. The maximum atomic E-state index is 11.8. The second kappa shape index (κ2) is 6.00. The molecule has 0 aromatic heterocycles. The minimum absolute atomic E-state index is 0.0440. The van der Waals surface area contributed by atoms with Crippen molar-refractivity contribution in [1.29, 1.82) is 0 Å². The molecule has 0 aliphatic carbocycles. The monoisotopic (exact) mass is 246 g/mol. The van der Waals surface area contributed by atoms with Crippen LogP contribution in [0.15, 0.2) is 0 Å². The third kappa shape index (κ3) is 4.73. The van der Waals surface area contributed by atoms with E-state index in [1.54, 1.807) is 13.8 Å². The van der Waals surface area contributed by atoms with Crippen molar-refractivity contribution in [3.63, 3.8) is 0 Å². The minimum Gasteiger partial charge on any atom is -0.465 e. The fourth-order valence-corrected chi connectivity index (χ4v) is 1.67. The van der Waals surface area contributed by atoms with Gasteiger partial charge < -0.3 is 14.6 Å². The average molecular weight is 246 g/mol. The lowest BCUT2D eigenvalue weighted by molar-refractivity contribution is -0.175. The highest BCUT2D eigenvalue weighted by molar-refractivity contribution is 5.99. The number of aliphatic hydroxyl groups is 1. The van der Waals surface area contributed by atoms with E-state index in [9.17, 15) is 14.7 Å². The Kier molecular flexibility index (Phi) is 5.61. The highest BCUT2D eigenvalue weighted by atomic mass is 16.6. The molecule has 0 spiro atoms. The molecule has 100 valence electrons. The fraction of sp³-hybridized carbons (Fsp3) is 0.833. The Balaban J connectivity index is 5.06. The lowest BCUT2D eigenvalue weighted by atomic mass is 9.80. The highest BCUT2D eigenvalue weighted by Crippen LogP contribution is 2.31. The van der Waals surface area contributed by atoms with Crippen molar-refractivity contribution in [2.45, 2.75) is 46.6 Å². The first-order valence-corrected chi connectivity index (χ1v) is 5.74. The van der Waals surface area contributed by atoms with Crippen LogP contribution in [0.4, 0.5) is 0 Å². The molecule has 5 nitrogen and oxygen atoms in total. The van der Waals surface area contributed by atoms with E-state index in [1.807, 2.05) is 0 Å². The molecule has 0 unspecified atom stereocenters. The summed E-state index contributed by atoms with van der Waals surface area (Å²) >= 11 is 0. The molecule has 0 aromatic carbocycles. The normalized spacial score (nSPS) is 12.1. The van der Waals surface area contributed by atoms with Gasteiger partial charge in [0.1, 0.15) is 0 Å².